The minimum Gasteiger partial charge on any atom is -0.355 e. The van der Waals surface area contributed by atoms with Crippen LogP contribution in [0, 0.1) is 0 Å². The second-order valence-corrected chi connectivity index (χ2v) is 6.23. The van der Waals surface area contributed by atoms with Crippen LogP contribution in [0.2, 0.25) is 10.0 Å². The summed E-state index contributed by atoms with van der Waals surface area (Å²) in [5.41, 5.74) is 5.55. The number of halogens is 2. The topological polar surface area (TPSA) is 87.3 Å². The number of rotatable bonds is 6. The first-order chi connectivity index (χ1) is 12.5. The van der Waals surface area contributed by atoms with E-state index in [9.17, 15) is 14.4 Å². The summed E-state index contributed by atoms with van der Waals surface area (Å²) in [6, 6.07) is 13.7. The van der Waals surface area contributed by atoms with E-state index in [1.165, 1.54) is 12.1 Å². The molecule has 0 heterocycles. The third-order valence-corrected chi connectivity index (χ3v) is 3.93. The highest BCUT2D eigenvalue weighted by Crippen LogP contribution is 2.20. The number of amides is 3. The Morgan fingerprint density at radius 2 is 1.62 bits per heavy atom. The van der Waals surface area contributed by atoms with E-state index < -0.39 is 11.8 Å². The van der Waals surface area contributed by atoms with Crippen LogP contribution in [0.1, 0.15) is 22.3 Å². The van der Waals surface area contributed by atoms with Gasteiger partial charge in [0.15, 0.2) is 0 Å². The third-order valence-electron chi connectivity index (χ3n) is 3.37. The summed E-state index contributed by atoms with van der Waals surface area (Å²) in [6.07, 6.45) is 0.260. The highest BCUT2D eigenvalue weighted by atomic mass is 35.5. The van der Waals surface area contributed by atoms with E-state index >= 15 is 0 Å². The normalized spacial score (nSPS) is 10.1. The summed E-state index contributed by atoms with van der Waals surface area (Å²) < 4.78 is 0. The molecule has 0 saturated carbocycles. The second kappa shape index (κ2) is 9.79. The Kier molecular flexibility index (Phi) is 7.44. The minimum absolute atomic E-state index is 0.0179. The molecule has 3 amide bonds. The van der Waals surface area contributed by atoms with Crippen molar-refractivity contribution in [3.8, 4) is 0 Å². The van der Waals surface area contributed by atoms with Crippen LogP contribution in [0.5, 0.6) is 0 Å². The molecule has 0 unspecified atom stereocenters. The van der Waals surface area contributed by atoms with Gasteiger partial charge in [-0.1, -0.05) is 53.5 Å². The van der Waals surface area contributed by atoms with Crippen molar-refractivity contribution in [1.29, 1.82) is 0 Å². The number of hydrogen-bond donors (Lipinski definition) is 3. The fourth-order valence-corrected chi connectivity index (χ4v) is 2.46. The number of carbonyl (C=O) groups excluding carboxylic acids is 3. The predicted molar refractivity (Wildman–Crippen MR) is 99.8 cm³/mol. The Balaban J connectivity index is 1.69. The number of carbonyl (C=O) groups is 3. The maximum Gasteiger partial charge on any atom is 0.271 e. The van der Waals surface area contributed by atoms with Gasteiger partial charge in [-0.3, -0.25) is 25.2 Å². The first-order valence-corrected chi connectivity index (χ1v) is 8.56. The molecule has 0 aliphatic rings. The standard InChI is InChI=1S/C18H17Cl2N3O3/c19-13-6-7-15(20)14(11-13)18(26)23-22-16(24)8-9-21-17(25)10-12-4-2-1-3-5-12/h1-7,11H,8-10H2,(H,21,25)(H,22,24)(H,23,26). The SMILES string of the molecule is O=C(Cc1ccccc1)NCCC(=O)NNC(=O)c1cc(Cl)ccc1Cl. The fourth-order valence-electron chi connectivity index (χ4n) is 2.09. The lowest BCUT2D eigenvalue weighted by Crippen LogP contribution is -2.43. The Morgan fingerprint density at radius 3 is 2.35 bits per heavy atom. The van der Waals surface area contributed by atoms with Gasteiger partial charge in [-0.15, -0.1) is 0 Å². The zero-order valence-corrected chi connectivity index (χ0v) is 15.2. The molecule has 0 atom stereocenters. The summed E-state index contributed by atoms with van der Waals surface area (Å²) in [4.78, 5) is 35.5. The maximum atomic E-state index is 12.0. The van der Waals surface area contributed by atoms with Gasteiger partial charge in [0.1, 0.15) is 0 Å². The van der Waals surface area contributed by atoms with Gasteiger partial charge in [0.25, 0.3) is 5.91 Å². The van der Waals surface area contributed by atoms with Crippen LogP contribution in [0.25, 0.3) is 0 Å². The van der Waals surface area contributed by atoms with E-state index in [0.717, 1.165) is 5.56 Å². The van der Waals surface area contributed by atoms with Crippen LogP contribution in [0.4, 0.5) is 0 Å². The first-order valence-electron chi connectivity index (χ1n) is 7.80. The predicted octanol–water partition coefficient (Wildman–Crippen LogP) is 2.50. The Labute approximate surface area is 160 Å². The van der Waals surface area contributed by atoms with E-state index in [4.69, 9.17) is 23.2 Å². The van der Waals surface area contributed by atoms with Crippen LogP contribution in [-0.2, 0) is 16.0 Å². The van der Waals surface area contributed by atoms with Crippen molar-refractivity contribution >= 4 is 40.9 Å². The monoisotopic (exact) mass is 393 g/mol. The van der Waals surface area contributed by atoms with E-state index in [1.807, 2.05) is 30.3 Å². The molecule has 0 aliphatic carbocycles. The van der Waals surface area contributed by atoms with E-state index in [-0.39, 0.29) is 35.9 Å². The molecule has 0 aliphatic heterocycles. The average molecular weight is 394 g/mol. The molecule has 6 nitrogen and oxygen atoms in total. The summed E-state index contributed by atoms with van der Waals surface area (Å²) >= 11 is 11.7. The van der Waals surface area contributed by atoms with Crippen molar-refractivity contribution in [3.63, 3.8) is 0 Å². The van der Waals surface area contributed by atoms with Gasteiger partial charge in [-0.2, -0.15) is 0 Å². The lowest BCUT2D eigenvalue weighted by molar-refractivity contribution is -0.122. The van der Waals surface area contributed by atoms with Gasteiger partial charge in [-0.25, -0.2) is 0 Å². The Hall–Kier alpha value is -2.57. The molecule has 0 fully saturated rings. The summed E-state index contributed by atoms with van der Waals surface area (Å²) in [5.74, 6) is -1.21. The molecule has 136 valence electrons. The number of nitrogens with one attached hydrogen (secondary N) is 3. The molecular weight excluding hydrogens is 377 g/mol. The average Bonchev–Trinajstić information content (AvgIpc) is 2.62. The third kappa shape index (κ3) is 6.38. The lowest BCUT2D eigenvalue weighted by Gasteiger charge is -2.09. The zero-order valence-electron chi connectivity index (χ0n) is 13.7. The van der Waals surface area contributed by atoms with Gasteiger partial charge >= 0.3 is 0 Å². The van der Waals surface area contributed by atoms with E-state index in [2.05, 4.69) is 16.2 Å². The van der Waals surface area contributed by atoms with Crippen molar-refractivity contribution in [2.24, 2.45) is 0 Å². The van der Waals surface area contributed by atoms with Gasteiger partial charge in [0.05, 0.1) is 17.0 Å². The molecule has 26 heavy (non-hydrogen) atoms. The quantitative estimate of drug-likeness (QED) is 0.658. The fraction of sp³-hybridized carbons (Fsp3) is 0.167. The van der Waals surface area contributed by atoms with Crippen molar-refractivity contribution < 1.29 is 14.4 Å². The zero-order chi connectivity index (χ0) is 18.9. The van der Waals surface area contributed by atoms with Gasteiger partial charge in [-0.05, 0) is 23.8 Å². The lowest BCUT2D eigenvalue weighted by atomic mass is 10.1. The Morgan fingerprint density at radius 1 is 0.885 bits per heavy atom. The summed E-state index contributed by atoms with van der Waals surface area (Å²) in [6.45, 7) is 0.158. The number of benzene rings is 2. The molecular formula is C18H17Cl2N3O3. The van der Waals surface area contributed by atoms with Crippen molar-refractivity contribution in [3.05, 3.63) is 69.7 Å². The van der Waals surface area contributed by atoms with Crippen molar-refractivity contribution in [2.45, 2.75) is 12.8 Å². The smallest absolute Gasteiger partial charge is 0.271 e. The molecule has 2 aromatic rings. The van der Waals surface area contributed by atoms with Crippen LogP contribution in [-0.4, -0.2) is 24.3 Å². The van der Waals surface area contributed by atoms with Crippen LogP contribution in [0.3, 0.4) is 0 Å². The first kappa shape index (κ1) is 19.8. The Bertz CT molecular complexity index is 798. The molecule has 0 saturated heterocycles. The molecule has 0 aromatic heterocycles. The highest BCUT2D eigenvalue weighted by Gasteiger charge is 2.12. The molecule has 0 bridgehead atoms. The number of hydrogen-bond acceptors (Lipinski definition) is 3. The molecule has 0 radical (unpaired) electrons. The van der Waals surface area contributed by atoms with Gasteiger partial charge in [0, 0.05) is 18.0 Å². The highest BCUT2D eigenvalue weighted by molar-refractivity contribution is 6.35. The second-order valence-electron chi connectivity index (χ2n) is 5.39. The van der Waals surface area contributed by atoms with Crippen LogP contribution >= 0.6 is 23.2 Å². The van der Waals surface area contributed by atoms with Crippen molar-refractivity contribution in [2.75, 3.05) is 6.54 Å². The molecule has 8 heteroatoms. The molecule has 2 aromatic carbocycles. The van der Waals surface area contributed by atoms with E-state index in [0.29, 0.717) is 5.02 Å². The molecule has 2 rings (SSSR count). The molecule has 3 N–H and O–H groups in total. The van der Waals surface area contributed by atoms with Gasteiger partial charge < -0.3 is 5.32 Å². The van der Waals surface area contributed by atoms with Crippen LogP contribution < -0.4 is 16.2 Å². The maximum absolute atomic E-state index is 12.0. The number of hydrazine groups is 1. The summed E-state index contributed by atoms with van der Waals surface area (Å²) in [5, 5.41) is 3.22. The van der Waals surface area contributed by atoms with Crippen LogP contribution in [0.15, 0.2) is 48.5 Å². The largest absolute Gasteiger partial charge is 0.355 e. The minimum atomic E-state index is -0.584. The van der Waals surface area contributed by atoms with Crippen molar-refractivity contribution in [1.82, 2.24) is 16.2 Å². The van der Waals surface area contributed by atoms with Gasteiger partial charge in [0.2, 0.25) is 11.8 Å². The van der Waals surface area contributed by atoms with E-state index in [1.54, 1.807) is 6.07 Å². The molecule has 0 spiro atoms. The summed E-state index contributed by atoms with van der Waals surface area (Å²) in [7, 11) is 0.